The maximum Gasteiger partial charge on any atom is 0.183 e. The van der Waals surface area contributed by atoms with E-state index in [1.54, 1.807) is 0 Å². The second kappa shape index (κ2) is 3.66. The molecule has 2 heterocycles. The molecule has 1 aromatic carbocycles. The van der Waals surface area contributed by atoms with Crippen LogP contribution in [-0.2, 0) is 0 Å². The van der Waals surface area contributed by atoms with Crippen LogP contribution in [0, 0.1) is 5.82 Å². The standard InChI is InChI=1S/C11H8FN5O/c12-5-2-1-3-6(18)7(5)10-16-8-9(13)14-4-15-11(8)17-10/h1-4,18H,(H3,13,14,15,16,17). The van der Waals surface area contributed by atoms with E-state index in [0.717, 1.165) is 0 Å². The molecule has 0 bridgehead atoms. The first-order chi connectivity index (χ1) is 8.66. The van der Waals surface area contributed by atoms with Gasteiger partial charge < -0.3 is 15.8 Å². The van der Waals surface area contributed by atoms with Crippen molar-refractivity contribution < 1.29 is 9.50 Å². The molecule has 0 unspecified atom stereocenters. The zero-order valence-electron chi connectivity index (χ0n) is 9.05. The molecule has 7 heteroatoms. The van der Waals surface area contributed by atoms with Crippen LogP contribution in [0.15, 0.2) is 24.5 Å². The molecular weight excluding hydrogens is 237 g/mol. The molecule has 0 aliphatic rings. The zero-order chi connectivity index (χ0) is 12.7. The Morgan fingerprint density at radius 1 is 1.28 bits per heavy atom. The van der Waals surface area contributed by atoms with Crippen LogP contribution in [0.1, 0.15) is 0 Å². The van der Waals surface area contributed by atoms with Crippen molar-refractivity contribution in [3.05, 3.63) is 30.3 Å². The number of hydrogen-bond donors (Lipinski definition) is 3. The molecule has 3 rings (SSSR count). The van der Waals surface area contributed by atoms with Crippen LogP contribution in [0.3, 0.4) is 0 Å². The van der Waals surface area contributed by atoms with E-state index in [4.69, 9.17) is 5.73 Å². The maximum atomic E-state index is 13.7. The van der Waals surface area contributed by atoms with Gasteiger partial charge in [-0.25, -0.2) is 19.3 Å². The van der Waals surface area contributed by atoms with Crippen molar-refractivity contribution >= 4 is 17.0 Å². The van der Waals surface area contributed by atoms with Crippen molar-refractivity contribution in [3.63, 3.8) is 0 Å². The van der Waals surface area contributed by atoms with Crippen LogP contribution in [0.5, 0.6) is 5.75 Å². The highest BCUT2D eigenvalue weighted by atomic mass is 19.1. The maximum absolute atomic E-state index is 13.7. The number of fused-ring (bicyclic) bond motifs is 1. The van der Waals surface area contributed by atoms with E-state index < -0.39 is 5.82 Å². The third-order valence-corrected chi connectivity index (χ3v) is 2.55. The number of nitrogens with zero attached hydrogens (tertiary/aromatic N) is 3. The molecule has 0 amide bonds. The van der Waals surface area contributed by atoms with Gasteiger partial charge in [-0.15, -0.1) is 0 Å². The summed E-state index contributed by atoms with van der Waals surface area (Å²) in [5, 5.41) is 9.67. The summed E-state index contributed by atoms with van der Waals surface area (Å²) in [6.07, 6.45) is 1.27. The lowest BCUT2D eigenvalue weighted by Crippen LogP contribution is -1.91. The first-order valence-corrected chi connectivity index (χ1v) is 5.11. The number of aromatic hydroxyl groups is 1. The average Bonchev–Trinajstić information content (AvgIpc) is 2.74. The Morgan fingerprint density at radius 2 is 2.11 bits per heavy atom. The van der Waals surface area contributed by atoms with Gasteiger partial charge in [0.15, 0.2) is 11.5 Å². The first kappa shape index (κ1) is 10.5. The number of hydrogen-bond acceptors (Lipinski definition) is 5. The van der Waals surface area contributed by atoms with Crippen molar-refractivity contribution in [3.8, 4) is 17.1 Å². The molecule has 2 aromatic heterocycles. The minimum Gasteiger partial charge on any atom is -0.507 e. The molecule has 0 atom stereocenters. The summed E-state index contributed by atoms with van der Waals surface area (Å²) in [6.45, 7) is 0. The van der Waals surface area contributed by atoms with Gasteiger partial charge in [-0.2, -0.15) is 0 Å². The number of nitrogens with one attached hydrogen (secondary N) is 1. The summed E-state index contributed by atoms with van der Waals surface area (Å²) in [6, 6.07) is 4.02. The van der Waals surface area contributed by atoms with E-state index in [0.29, 0.717) is 11.2 Å². The molecule has 4 N–H and O–H groups in total. The smallest absolute Gasteiger partial charge is 0.183 e. The fourth-order valence-corrected chi connectivity index (χ4v) is 1.71. The summed E-state index contributed by atoms with van der Waals surface area (Å²) < 4.78 is 13.7. The van der Waals surface area contributed by atoms with Crippen molar-refractivity contribution in [2.45, 2.75) is 0 Å². The van der Waals surface area contributed by atoms with Crippen molar-refractivity contribution in [1.29, 1.82) is 0 Å². The minimum absolute atomic E-state index is 0.0186. The Hall–Kier alpha value is -2.70. The second-order valence-corrected chi connectivity index (χ2v) is 3.68. The minimum atomic E-state index is -0.583. The number of nitrogens with two attached hydrogens (primary N) is 1. The molecule has 3 aromatic rings. The molecule has 6 nitrogen and oxygen atoms in total. The lowest BCUT2D eigenvalue weighted by Gasteiger charge is -2.01. The Balaban J connectivity index is 2.30. The summed E-state index contributed by atoms with van der Waals surface area (Å²) >= 11 is 0. The number of benzene rings is 1. The number of imidazole rings is 1. The highest BCUT2D eigenvalue weighted by Crippen LogP contribution is 2.31. The predicted octanol–water partition coefficient (Wildman–Crippen LogP) is 1.45. The van der Waals surface area contributed by atoms with E-state index >= 15 is 0 Å². The van der Waals surface area contributed by atoms with E-state index in [1.807, 2.05) is 0 Å². The topological polar surface area (TPSA) is 101 Å². The van der Waals surface area contributed by atoms with Crippen LogP contribution in [0.25, 0.3) is 22.6 Å². The molecule has 0 aliphatic carbocycles. The van der Waals surface area contributed by atoms with Crippen molar-refractivity contribution in [2.75, 3.05) is 5.73 Å². The molecular formula is C11H8FN5O. The Kier molecular flexibility index (Phi) is 2.12. The number of rotatable bonds is 1. The van der Waals surface area contributed by atoms with Crippen molar-refractivity contribution in [2.24, 2.45) is 0 Å². The summed E-state index contributed by atoms with van der Waals surface area (Å²) in [7, 11) is 0. The summed E-state index contributed by atoms with van der Waals surface area (Å²) in [5.41, 5.74) is 6.36. The van der Waals surface area contributed by atoms with Gasteiger partial charge in [0, 0.05) is 0 Å². The molecule has 0 fully saturated rings. The molecule has 18 heavy (non-hydrogen) atoms. The number of H-pyrrole nitrogens is 1. The number of nitrogen functional groups attached to an aromatic ring is 1. The Labute approximate surface area is 100 Å². The SMILES string of the molecule is Nc1ncnc2nc(-c3c(O)cccc3F)[nH]c12. The summed E-state index contributed by atoms with van der Waals surface area (Å²) in [4.78, 5) is 14.6. The van der Waals surface area contributed by atoms with Crippen LogP contribution < -0.4 is 5.73 Å². The van der Waals surface area contributed by atoms with Gasteiger partial charge in [-0.05, 0) is 12.1 Å². The number of aromatic amines is 1. The number of halogens is 1. The fourth-order valence-electron chi connectivity index (χ4n) is 1.71. The van der Waals surface area contributed by atoms with Gasteiger partial charge >= 0.3 is 0 Å². The zero-order valence-corrected chi connectivity index (χ0v) is 9.05. The molecule has 0 aliphatic heterocycles. The Bertz CT molecular complexity index is 719. The molecule has 0 radical (unpaired) electrons. The third kappa shape index (κ3) is 1.45. The van der Waals surface area contributed by atoms with Crippen LogP contribution >= 0.6 is 0 Å². The van der Waals surface area contributed by atoms with E-state index in [9.17, 15) is 9.50 Å². The van der Waals surface area contributed by atoms with Gasteiger partial charge in [-0.1, -0.05) is 6.07 Å². The lowest BCUT2D eigenvalue weighted by atomic mass is 10.2. The predicted molar refractivity (Wildman–Crippen MR) is 63.2 cm³/mol. The monoisotopic (exact) mass is 245 g/mol. The van der Waals surface area contributed by atoms with E-state index in [2.05, 4.69) is 19.9 Å². The van der Waals surface area contributed by atoms with Gasteiger partial charge in [-0.3, -0.25) is 0 Å². The van der Waals surface area contributed by atoms with Crippen molar-refractivity contribution in [1.82, 2.24) is 19.9 Å². The number of phenols is 1. The first-order valence-electron chi connectivity index (χ1n) is 5.11. The number of anilines is 1. The molecule has 0 saturated carbocycles. The van der Waals surface area contributed by atoms with Crippen LogP contribution in [0.4, 0.5) is 10.2 Å². The average molecular weight is 245 g/mol. The number of aromatic nitrogens is 4. The highest BCUT2D eigenvalue weighted by Gasteiger charge is 2.15. The van der Waals surface area contributed by atoms with Gasteiger partial charge in [0.2, 0.25) is 0 Å². The van der Waals surface area contributed by atoms with Gasteiger partial charge in [0.1, 0.15) is 29.2 Å². The quantitative estimate of drug-likeness (QED) is 0.602. The molecule has 90 valence electrons. The Morgan fingerprint density at radius 3 is 2.83 bits per heavy atom. The second-order valence-electron chi connectivity index (χ2n) is 3.68. The van der Waals surface area contributed by atoms with E-state index in [-0.39, 0.29) is 23.0 Å². The van der Waals surface area contributed by atoms with Gasteiger partial charge in [0.05, 0.1) is 5.56 Å². The van der Waals surface area contributed by atoms with Crippen LogP contribution in [0.2, 0.25) is 0 Å². The largest absolute Gasteiger partial charge is 0.507 e. The highest BCUT2D eigenvalue weighted by molar-refractivity contribution is 5.84. The molecule has 0 spiro atoms. The van der Waals surface area contributed by atoms with Gasteiger partial charge in [0.25, 0.3) is 0 Å². The van der Waals surface area contributed by atoms with E-state index in [1.165, 1.54) is 24.5 Å². The summed E-state index contributed by atoms with van der Waals surface area (Å²) in [5.74, 6) is -0.413. The normalized spacial score (nSPS) is 10.9. The fraction of sp³-hybridized carbons (Fsp3) is 0. The molecule has 0 saturated heterocycles. The lowest BCUT2D eigenvalue weighted by molar-refractivity contribution is 0.471. The third-order valence-electron chi connectivity index (χ3n) is 2.55. The number of phenolic OH excluding ortho intramolecular Hbond substituents is 1. The van der Waals surface area contributed by atoms with Crippen LogP contribution in [-0.4, -0.2) is 25.0 Å².